The van der Waals surface area contributed by atoms with Crippen molar-refractivity contribution in [3.05, 3.63) is 48.0 Å². The third-order valence-corrected chi connectivity index (χ3v) is 4.41. The Kier molecular flexibility index (Phi) is 3.34. The third kappa shape index (κ3) is 2.33. The first-order chi connectivity index (χ1) is 8.36. The molecular formula is C15H15IO. The minimum atomic E-state index is 0.305. The molecule has 3 rings (SSSR count). The van der Waals surface area contributed by atoms with Crippen LogP contribution in [0.15, 0.2) is 42.5 Å². The Morgan fingerprint density at radius 3 is 2.65 bits per heavy atom. The van der Waals surface area contributed by atoms with Crippen LogP contribution in [0.25, 0.3) is 10.8 Å². The first-order valence-electron chi connectivity index (χ1n) is 6.07. The van der Waals surface area contributed by atoms with E-state index in [0.717, 1.165) is 10.8 Å². The second-order valence-corrected chi connectivity index (χ2v) is 5.47. The summed E-state index contributed by atoms with van der Waals surface area (Å²) in [5, 5.41) is 2.62. The molecule has 0 radical (unpaired) electrons. The van der Waals surface area contributed by atoms with Crippen LogP contribution in [0.2, 0.25) is 0 Å². The van der Waals surface area contributed by atoms with E-state index < -0.39 is 0 Å². The first kappa shape index (κ1) is 11.5. The summed E-state index contributed by atoms with van der Waals surface area (Å²) >= 11 is 2.41. The standard InChI is InChI=1S/C15H15IO/c16-10-14-7-8-15(17-14)13-6-5-11-3-1-2-4-12(11)9-13/h1-6,9,14-15H,7-8,10H2. The number of hydrogen-bond donors (Lipinski definition) is 0. The van der Waals surface area contributed by atoms with E-state index in [1.54, 1.807) is 0 Å². The Morgan fingerprint density at radius 1 is 1.06 bits per heavy atom. The summed E-state index contributed by atoms with van der Waals surface area (Å²) < 4.78 is 7.14. The van der Waals surface area contributed by atoms with Gasteiger partial charge in [0, 0.05) is 4.43 Å². The summed E-state index contributed by atoms with van der Waals surface area (Å²) in [6, 6.07) is 15.2. The van der Waals surface area contributed by atoms with Gasteiger partial charge in [-0.15, -0.1) is 0 Å². The van der Waals surface area contributed by atoms with Crippen LogP contribution in [-0.4, -0.2) is 10.5 Å². The number of hydrogen-bond acceptors (Lipinski definition) is 1. The van der Waals surface area contributed by atoms with Gasteiger partial charge in [0.05, 0.1) is 12.2 Å². The lowest BCUT2D eigenvalue weighted by molar-refractivity contribution is 0.0598. The molecule has 17 heavy (non-hydrogen) atoms. The molecule has 0 saturated carbocycles. The quantitative estimate of drug-likeness (QED) is 0.579. The zero-order valence-electron chi connectivity index (χ0n) is 9.60. The molecule has 1 aliphatic heterocycles. The molecule has 0 aromatic heterocycles. The molecule has 2 aromatic rings. The lowest BCUT2D eigenvalue weighted by Crippen LogP contribution is -2.07. The number of rotatable bonds is 2. The normalized spacial score (nSPS) is 24.3. The highest BCUT2D eigenvalue weighted by atomic mass is 127. The average molecular weight is 338 g/mol. The van der Waals surface area contributed by atoms with Gasteiger partial charge in [-0.2, -0.15) is 0 Å². The van der Waals surface area contributed by atoms with Crippen molar-refractivity contribution in [3.8, 4) is 0 Å². The van der Waals surface area contributed by atoms with Crippen LogP contribution in [0.3, 0.4) is 0 Å². The van der Waals surface area contributed by atoms with E-state index in [4.69, 9.17) is 4.74 Å². The molecule has 2 atom stereocenters. The fourth-order valence-electron chi connectivity index (χ4n) is 2.47. The molecule has 1 heterocycles. The first-order valence-corrected chi connectivity index (χ1v) is 7.59. The summed E-state index contributed by atoms with van der Waals surface area (Å²) in [5.74, 6) is 0. The van der Waals surface area contributed by atoms with Crippen molar-refractivity contribution in [1.29, 1.82) is 0 Å². The zero-order valence-corrected chi connectivity index (χ0v) is 11.8. The van der Waals surface area contributed by atoms with Crippen molar-refractivity contribution in [3.63, 3.8) is 0 Å². The predicted octanol–water partition coefficient (Wildman–Crippen LogP) is 4.49. The van der Waals surface area contributed by atoms with Gasteiger partial charge in [-0.1, -0.05) is 59.0 Å². The van der Waals surface area contributed by atoms with Crippen LogP contribution < -0.4 is 0 Å². The van der Waals surface area contributed by atoms with Gasteiger partial charge >= 0.3 is 0 Å². The van der Waals surface area contributed by atoms with Crippen molar-refractivity contribution in [2.45, 2.75) is 25.0 Å². The highest BCUT2D eigenvalue weighted by Gasteiger charge is 2.25. The van der Waals surface area contributed by atoms with E-state index in [1.165, 1.54) is 22.8 Å². The fraction of sp³-hybridized carbons (Fsp3) is 0.333. The third-order valence-electron chi connectivity index (χ3n) is 3.42. The highest BCUT2D eigenvalue weighted by molar-refractivity contribution is 14.1. The smallest absolute Gasteiger partial charge is 0.0830 e. The molecule has 0 bridgehead atoms. The van der Waals surface area contributed by atoms with E-state index in [1.807, 2.05) is 0 Å². The van der Waals surface area contributed by atoms with Crippen LogP contribution >= 0.6 is 22.6 Å². The molecule has 0 spiro atoms. The number of benzene rings is 2. The Bertz CT molecular complexity index is 523. The minimum absolute atomic E-state index is 0.305. The van der Waals surface area contributed by atoms with Crippen molar-refractivity contribution in [2.75, 3.05) is 4.43 Å². The van der Waals surface area contributed by atoms with Gasteiger partial charge in [0.1, 0.15) is 0 Å². The lowest BCUT2D eigenvalue weighted by atomic mass is 10.0. The van der Waals surface area contributed by atoms with Crippen LogP contribution in [-0.2, 0) is 4.74 Å². The van der Waals surface area contributed by atoms with Gasteiger partial charge < -0.3 is 4.74 Å². The lowest BCUT2D eigenvalue weighted by Gasteiger charge is -2.13. The summed E-state index contributed by atoms with van der Waals surface area (Å²) in [6.07, 6.45) is 3.11. The molecular weight excluding hydrogens is 323 g/mol. The second-order valence-electron chi connectivity index (χ2n) is 4.58. The molecule has 2 heteroatoms. The Labute approximate surface area is 115 Å². The molecule has 0 N–H and O–H groups in total. The largest absolute Gasteiger partial charge is 0.370 e. The second kappa shape index (κ2) is 4.94. The van der Waals surface area contributed by atoms with E-state index in [9.17, 15) is 0 Å². The minimum Gasteiger partial charge on any atom is -0.370 e. The summed E-state index contributed by atoms with van der Waals surface area (Å²) in [7, 11) is 0. The van der Waals surface area contributed by atoms with Gasteiger partial charge in [0.25, 0.3) is 0 Å². The predicted molar refractivity (Wildman–Crippen MR) is 79.7 cm³/mol. The SMILES string of the molecule is ICC1CCC(c2ccc3ccccc3c2)O1. The van der Waals surface area contributed by atoms with Crippen molar-refractivity contribution < 1.29 is 4.74 Å². The monoisotopic (exact) mass is 338 g/mol. The van der Waals surface area contributed by atoms with Gasteiger partial charge in [-0.05, 0) is 35.2 Å². The fourth-order valence-corrected chi connectivity index (χ4v) is 3.12. The Balaban J connectivity index is 1.91. The molecule has 1 nitrogen and oxygen atoms in total. The van der Waals surface area contributed by atoms with Gasteiger partial charge in [-0.25, -0.2) is 0 Å². The maximum Gasteiger partial charge on any atom is 0.0830 e. The van der Waals surface area contributed by atoms with Crippen molar-refractivity contribution in [2.24, 2.45) is 0 Å². The molecule has 2 unspecified atom stereocenters. The van der Waals surface area contributed by atoms with Gasteiger partial charge in [-0.3, -0.25) is 0 Å². The zero-order chi connectivity index (χ0) is 11.7. The van der Waals surface area contributed by atoms with Crippen LogP contribution in [0.4, 0.5) is 0 Å². The van der Waals surface area contributed by atoms with E-state index in [0.29, 0.717) is 12.2 Å². The van der Waals surface area contributed by atoms with Crippen LogP contribution in [0.1, 0.15) is 24.5 Å². The van der Waals surface area contributed by atoms with E-state index in [2.05, 4.69) is 65.1 Å². The number of alkyl halides is 1. The van der Waals surface area contributed by atoms with Crippen LogP contribution in [0.5, 0.6) is 0 Å². The van der Waals surface area contributed by atoms with E-state index >= 15 is 0 Å². The maximum atomic E-state index is 6.04. The van der Waals surface area contributed by atoms with Crippen molar-refractivity contribution >= 4 is 33.4 Å². The summed E-state index contributed by atoms with van der Waals surface area (Å²) in [6.45, 7) is 0. The highest BCUT2D eigenvalue weighted by Crippen LogP contribution is 2.34. The molecule has 1 saturated heterocycles. The molecule has 2 aromatic carbocycles. The molecule has 0 aliphatic carbocycles. The Hall–Kier alpha value is -0.610. The molecule has 1 aliphatic rings. The van der Waals surface area contributed by atoms with Crippen molar-refractivity contribution in [1.82, 2.24) is 0 Å². The maximum absolute atomic E-state index is 6.04. The van der Waals surface area contributed by atoms with Crippen LogP contribution in [0, 0.1) is 0 Å². The molecule has 0 amide bonds. The molecule has 88 valence electrons. The topological polar surface area (TPSA) is 9.23 Å². The van der Waals surface area contributed by atoms with Gasteiger partial charge in [0.15, 0.2) is 0 Å². The number of halogens is 1. The molecule has 1 fully saturated rings. The Morgan fingerprint density at radius 2 is 1.88 bits per heavy atom. The average Bonchev–Trinajstić information content (AvgIpc) is 2.87. The number of ether oxygens (including phenoxy) is 1. The van der Waals surface area contributed by atoms with Gasteiger partial charge in [0.2, 0.25) is 0 Å². The summed E-state index contributed by atoms with van der Waals surface area (Å²) in [5.41, 5.74) is 1.33. The number of fused-ring (bicyclic) bond motifs is 1. The van der Waals surface area contributed by atoms with E-state index in [-0.39, 0.29) is 0 Å². The summed E-state index contributed by atoms with van der Waals surface area (Å²) in [4.78, 5) is 0.